The third-order valence-corrected chi connectivity index (χ3v) is 4.66. The molecule has 4 rings (SSSR count). The van der Waals surface area contributed by atoms with Crippen LogP contribution < -0.4 is 5.46 Å². The molecule has 0 aliphatic carbocycles. The Bertz CT molecular complexity index is 1040. The Hall–Kier alpha value is -3.13. The molecule has 0 bridgehead atoms. The van der Waals surface area contributed by atoms with Crippen LogP contribution in [0.3, 0.4) is 0 Å². The van der Waals surface area contributed by atoms with Crippen LogP contribution in [0.25, 0.3) is 22.3 Å². The Morgan fingerprint density at radius 1 is 0.556 bits per heavy atom. The van der Waals surface area contributed by atoms with Crippen LogP contribution in [0.2, 0.25) is 0 Å². The lowest BCUT2D eigenvalue weighted by Gasteiger charge is -2.08. The van der Waals surface area contributed by atoms with Gasteiger partial charge in [0, 0.05) is 0 Å². The summed E-state index contributed by atoms with van der Waals surface area (Å²) >= 11 is 0. The first-order chi connectivity index (χ1) is 13.3. The van der Waals surface area contributed by atoms with Crippen molar-refractivity contribution in [3.05, 3.63) is 115 Å². The van der Waals surface area contributed by atoms with Crippen LogP contribution in [0.15, 0.2) is 103 Å². The van der Waals surface area contributed by atoms with Gasteiger partial charge in [-0.25, -0.2) is 4.39 Å². The van der Waals surface area contributed by atoms with Crippen molar-refractivity contribution in [2.75, 3.05) is 0 Å². The fraction of sp³-hybridized carbons (Fsp3) is 0.0400. The van der Waals surface area contributed by atoms with E-state index in [1.807, 2.05) is 24.3 Å². The first kappa shape index (κ1) is 17.3. The molecule has 0 atom stereocenters. The number of benzene rings is 4. The maximum Gasteiger partial charge on any atom is 0.156 e. The van der Waals surface area contributed by atoms with Gasteiger partial charge in [0.1, 0.15) is 5.82 Å². The third-order valence-electron chi connectivity index (χ3n) is 4.66. The van der Waals surface area contributed by atoms with Gasteiger partial charge in [-0.2, -0.15) is 0 Å². The SMILES string of the molecule is Fc1cccc(-c2cccc(-c3cccc([B]Cc4ccccc4)c3)c2)c1. The van der Waals surface area contributed by atoms with Gasteiger partial charge in [-0.05, 0) is 46.8 Å². The van der Waals surface area contributed by atoms with Crippen LogP contribution in [-0.2, 0) is 6.32 Å². The Morgan fingerprint density at radius 2 is 1.15 bits per heavy atom. The molecule has 4 aromatic rings. The maximum atomic E-state index is 13.5. The summed E-state index contributed by atoms with van der Waals surface area (Å²) in [6, 6.07) is 34.0. The third kappa shape index (κ3) is 4.35. The molecule has 0 amide bonds. The highest BCUT2D eigenvalue weighted by Gasteiger charge is 2.05. The van der Waals surface area contributed by atoms with Crippen molar-refractivity contribution in [2.24, 2.45) is 0 Å². The Balaban J connectivity index is 1.57. The van der Waals surface area contributed by atoms with E-state index in [2.05, 4.69) is 67.9 Å². The van der Waals surface area contributed by atoms with Crippen molar-refractivity contribution in [3.8, 4) is 22.3 Å². The van der Waals surface area contributed by atoms with Crippen LogP contribution in [0.1, 0.15) is 5.56 Å². The van der Waals surface area contributed by atoms with E-state index >= 15 is 0 Å². The van der Waals surface area contributed by atoms with Gasteiger partial charge in [0.2, 0.25) is 0 Å². The lowest BCUT2D eigenvalue weighted by molar-refractivity contribution is 0.628. The topological polar surface area (TPSA) is 0 Å². The van der Waals surface area contributed by atoms with Gasteiger partial charge in [-0.15, -0.1) is 0 Å². The van der Waals surface area contributed by atoms with Gasteiger partial charge in [0.15, 0.2) is 7.28 Å². The summed E-state index contributed by atoms with van der Waals surface area (Å²) in [5.41, 5.74) is 6.71. The zero-order valence-electron chi connectivity index (χ0n) is 15.0. The second-order valence-electron chi connectivity index (χ2n) is 6.61. The Morgan fingerprint density at radius 3 is 1.85 bits per heavy atom. The van der Waals surface area contributed by atoms with Gasteiger partial charge in [0.25, 0.3) is 0 Å². The van der Waals surface area contributed by atoms with E-state index in [1.165, 1.54) is 17.1 Å². The predicted octanol–water partition coefficient (Wildman–Crippen LogP) is 5.69. The van der Waals surface area contributed by atoms with E-state index in [4.69, 9.17) is 0 Å². The van der Waals surface area contributed by atoms with Crippen molar-refractivity contribution in [1.29, 1.82) is 0 Å². The molecule has 0 heterocycles. The van der Waals surface area contributed by atoms with Crippen molar-refractivity contribution >= 4 is 12.7 Å². The number of hydrogen-bond acceptors (Lipinski definition) is 0. The minimum absolute atomic E-state index is 0.213. The first-order valence-corrected chi connectivity index (χ1v) is 9.11. The molecule has 0 unspecified atom stereocenters. The van der Waals surface area contributed by atoms with Crippen LogP contribution in [0.5, 0.6) is 0 Å². The molecule has 0 fully saturated rings. The molecule has 0 saturated heterocycles. The average molecular weight is 349 g/mol. The van der Waals surface area contributed by atoms with Gasteiger partial charge in [-0.1, -0.05) is 96.0 Å². The maximum absolute atomic E-state index is 13.5. The molecule has 129 valence electrons. The van der Waals surface area contributed by atoms with Crippen molar-refractivity contribution < 1.29 is 4.39 Å². The second kappa shape index (κ2) is 8.05. The molecule has 0 saturated carbocycles. The minimum Gasteiger partial charge on any atom is -0.207 e. The molecule has 0 aromatic heterocycles. The van der Waals surface area contributed by atoms with Crippen molar-refractivity contribution in [3.63, 3.8) is 0 Å². The zero-order valence-corrected chi connectivity index (χ0v) is 15.0. The summed E-state index contributed by atoms with van der Waals surface area (Å²) in [6.45, 7) is 0. The molecule has 0 aliphatic rings. The Kier molecular flexibility index (Phi) is 5.16. The van der Waals surface area contributed by atoms with E-state index in [-0.39, 0.29) is 5.82 Å². The highest BCUT2D eigenvalue weighted by Crippen LogP contribution is 2.26. The number of hydrogen-bond donors (Lipinski definition) is 0. The van der Waals surface area contributed by atoms with Gasteiger partial charge in [0.05, 0.1) is 0 Å². The largest absolute Gasteiger partial charge is 0.207 e. The molecule has 27 heavy (non-hydrogen) atoms. The molecule has 0 N–H and O–H groups in total. The lowest BCUT2D eigenvalue weighted by Crippen LogP contribution is -2.16. The van der Waals surface area contributed by atoms with E-state index in [9.17, 15) is 4.39 Å². The molecule has 0 aliphatic heterocycles. The molecule has 2 heteroatoms. The normalized spacial score (nSPS) is 10.6. The molecular formula is C25H19BF. The Labute approximate surface area is 160 Å². The molecule has 4 aromatic carbocycles. The minimum atomic E-state index is -0.213. The summed E-state index contributed by atoms with van der Waals surface area (Å²) in [5, 5.41) is 0. The zero-order chi connectivity index (χ0) is 18.5. The monoisotopic (exact) mass is 349 g/mol. The van der Waals surface area contributed by atoms with E-state index in [0.29, 0.717) is 0 Å². The van der Waals surface area contributed by atoms with Crippen LogP contribution in [0, 0.1) is 5.82 Å². The summed E-state index contributed by atoms with van der Waals surface area (Å²) in [4.78, 5) is 0. The average Bonchev–Trinajstić information content (AvgIpc) is 2.73. The summed E-state index contributed by atoms with van der Waals surface area (Å²) < 4.78 is 13.5. The summed E-state index contributed by atoms with van der Waals surface area (Å²) in [6.07, 6.45) is 0.910. The smallest absolute Gasteiger partial charge is 0.156 e. The van der Waals surface area contributed by atoms with Crippen LogP contribution >= 0.6 is 0 Å². The highest BCUT2D eigenvalue weighted by atomic mass is 19.1. The predicted molar refractivity (Wildman–Crippen MR) is 113 cm³/mol. The summed E-state index contributed by atoms with van der Waals surface area (Å²) in [5.74, 6) is -0.213. The lowest BCUT2D eigenvalue weighted by atomic mass is 9.65. The van der Waals surface area contributed by atoms with E-state index in [0.717, 1.165) is 28.6 Å². The standard InChI is InChI=1S/C25H19BF/c27-25-14-6-12-23(17-25)21-10-4-9-20(15-21)22-11-5-13-24(16-22)26-18-19-7-2-1-3-8-19/h1-17H,18H2. The molecule has 0 spiro atoms. The second-order valence-corrected chi connectivity index (χ2v) is 6.61. The molecular weight excluding hydrogens is 330 g/mol. The van der Waals surface area contributed by atoms with Crippen molar-refractivity contribution in [1.82, 2.24) is 0 Å². The van der Waals surface area contributed by atoms with Gasteiger partial charge in [-0.3, -0.25) is 0 Å². The molecule has 0 nitrogen and oxygen atoms in total. The highest BCUT2D eigenvalue weighted by molar-refractivity contribution is 6.53. The van der Waals surface area contributed by atoms with E-state index < -0.39 is 0 Å². The number of rotatable bonds is 5. The fourth-order valence-corrected chi connectivity index (χ4v) is 3.24. The van der Waals surface area contributed by atoms with Gasteiger partial charge < -0.3 is 0 Å². The molecule has 1 radical (unpaired) electrons. The van der Waals surface area contributed by atoms with Crippen LogP contribution in [-0.4, -0.2) is 7.28 Å². The quantitative estimate of drug-likeness (QED) is 0.406. The van der Waals surface area contributed by atoms with Crippen LogP contribution in [0.4, 0.5) is 4.39 Å². The van der Waals surface area contributed by atoms with Gasteiger partial charge >= 0.3 is 0 Å². The number of halogens is 1. The summed E-state index contributed by atoms with van der Waals surface area (Å²) in [7, 11) is 2.25. The van der Waals surface area contributed by atoms with Crippen molar-refractivity contribution in [2.45, 2.75) is 6.32 Å². The van der Waals surface area contributed by atoms with E-state index in [1.54, 1.807) is 12.1 Å². The fourth-order valence-electron chi connectivity index (χ4n) is 3.24. The first-order valence-electron chi connectivity index (χ1n) is 9.11.